The van der Waals surface area contributed by atoms with Crippen molar-refractivity contribution in [3.05, 3.63) is 5.82 Å². The van der Waals surface area contributed by atoms with Crippen LogP contribution in [0.1, 0.15) is 52.3 Å². The molecular weight excluding hydrogens is 302 g/mol. The monoisotopic (exact) mass is 325 g/mol. The molecule has 122 valence electrons. The molecule has 22 heavy (non-hydrogen) atoms. The van der Waals surface area contributed by atoms with Gasteiger partial charge in [0.1, 0.15) is 5.82 Å². The Morgan fingerprint density at radius 1 is 1.32 bits per heavy atom. The number of hydrogen-bond donors (Lipinski definition) is 2. The van der Waals surface area contributed by atoms with E-state index in [0.717, 1.165) is 30.4 Å². The Labute approximate surface area is 134 Å². The number of nitrogens with zero attached hydrogens (tertiary/aromatic N) is 3. The largest absolute Gasteiger partial charge is 0.333 e. The number of hydrogen-bond acceptors (Lipinski definition) is 5. The number of thioether (sulfide) groups is 1. The van der Waals surface area contributed by atoms with Gasteiger partial charge in [0.05, 0.1) is 5.75 Å². The Hall–Kier alpha value is -1.57. The highest BCUT2D eigenvalue weighted by molar-refractivity contribution is 7.99. The summed E-state index contributed by atoms with van der Waals surface area (Å²) in [6.45, 7) is 8.39. The summed E-state index contributed by atoms with van der Waals surface area (Å²) in [4.78, 5) is 23.4. The molecule has 1 aromatic rings. The van der Waals surface area contributed by atoms with Gasteiger partial charge in [0.25, 0.3) is 0 Å². The molecule has 2 rings (SSSR count). The van der Waals surface area contributed by atoms with Gasteiger partial charge in [-0.3, -0.25) is 10.1 Å². The first-order valence-corrected chi connectivity index (χ1v) is 8.46. The zero-order valence-corrected chi connectivity index (χ0v) is 14.3. The minimum atomic E-state index is -0.478. The van der Waals surface area contributed by atoms with Crippen LogP contribution < -0.4 is 10.6 Å². The van der Waals surface area contributed by atoms with E-state index >= 15 is 0 Å². The number of urea groups is 1. The van der Waals surface area contributed by atoms with Gasteiger partial charge in [0.2, 0.25) is 5.91 Å². The van der Waals surface area contributed by atoms with Gasteiger partial charge < -0.3 is 9.88 Å². The van der Waals surface area contributed by atoms with Gasteiger partial charge in [-0.15, -0.1) is 10.2 Å². The SMILES string of the molecule is CCn1c(SCC(=O)NC(=O)NC(C)(C)C)nnc1C1CC1. The summed E-state index contributed by atoms with van der Waals surface area (Å²) >= 11 is 1.30. The fourth-order valence-electron chi connectivity index (χ4n) is 2.01. The average Bonchev–Trinajstić information content (AvgIpc) is 3.14. The lowest BCUT2D eigenvalue weighted by molar-refractivity contribution is -0.117. The van der Waals surface area contributed by atoms with E-state index in [1.54, 1.807) is 0 Å². The van der Waals surface area contributed by atoms with Gasteiger partial charge in [-0.1, -0.05) is 11.8 Å². The zero-order chi connectivity index (χ0) is 16.3. The molecule has 8 heteroatoms. The number of amides is 3. The minimum absolute atomic E-state index is 0.139. The van der Waals surface area contributed by atoms with E-state index in [9.17, 15) is 9.59 Å². The number of carbonyl (C=O) groups excluding carboxylic acids is 2. The molecule has 0 spiro atoms. The summed E-state index contributed by atoms with van der Waals surface area (Å²) in [6, 6.07) is -0.478. The topological polar surface area (TPSA) is 88.9 Å². The number of nitrogens with one attached hydrogen (secondary N) is 2. The molecule has 0 unspecified atom stereocenters. The second-order valence-corrected chi connectivity index (χ2v) is 7.34. The molecule has 0 atom stereocenters. The van der Waals surface area contributed by atoms with Crippen LogP contribution in [0.4, 0.5) is 4.79 Å². The highest BCUT2D eigenvalue weighted by Gasteiger charge is 2.30. The van der Waals surface area contributed by atoms with E-state index in [2.05, 4.69) is 20.8 Å². The third kappa shape index (κ3) is 4.72. The van der Waals surface area contributed by atoms with Crippen molar-refractivity contribution in [2.24, 2.45) is 0 Å². The maximum atomic E-state index is 11.8. The lowest BCUT2D eigenvalue weighted by atomic mass is 10.1. The predicted molar refractivity (Wildman–Crippen MR) is 84.8 cm³/mol. The van der Waals surface area contributed by atoms with Crippen LogP contribution in [0, 0.1) is 0 Å². The summed E-state index contributed by atoms with van der Waals surface area (Å²) < 4.78 is 2.05. The summed E-state index contributed by atoms with van der Waals surface area (Å²) in [5, 5.41) is 14.1. The predicted octanol–water partition coefficient (Wildman–Crippen LogP) is 1.89. The van der Waals surface area contributed by atoms with E-state index in [1.165, 1.54) is 11.8 Å². The minimum Gasteiger partial charge on any atom is -0.333 e. The Kier molecular flexibility index (Phi) is 5.10. The second kappa shape index (κ2) is 6.68. The van der Waals surface area contributed by atoms with Crippen LogP contribution in [-0.4, -0.2) is 38.0 Å². The first kappa shape index (κ1) is 16.8. The number of aromatic nitrogens is 3. The Balaban J connectivity index is 1.85. The van der Waals surface area contributed by atoms with Gasteiger partial charge in [-0.25, -0.2) is 4.79 Å². The van der Waals surface area contributed by atoms with Gasteiger partial charge in [0.15, 0.2) is 5.16 Å². The van der Waals surface area contributed by atoms with Crippen LogP contribution in [0.15, 0.2) is 5.16 Å². The standard InChI is InChI=1S/C14H23N5O2S/c1-5-19-11(9-6-7-9)17-18-13(19)22-8-10(20)15-12(21)16-14(2,3)4/h9H,5-8H2,1-4H3,(H2,15,16,20,21). The van der Waals surface area contributed by atoms with Crippen molar-refractivity contribution in [3.63, 3.8) is 0 Å². The molecule has 0 bridgehead atoms. The van der Waals surface area contributed by atoms with Crippen molar-refractivity contribution in [1.82, 2.24) is 25.4 Å². The quantitative estimate of drug-likeness (QED) is 0.807. The van der Waals surface area contributed by atoms with E-state index in [4.69, 9.17) is 0 Å². The third-order valence-electron chi connectivity index (χ3n) is 3.08. The fourth-order valence-corrected chi connectivity index (χ4v) is 2.82. The first-order chi connectivity index (χ1) is 10.3. The highest BCUT2D eigenvalue weighted by atomic mass is 32.2. The van der Waals surface area contributed by atoms with Gasteiger partial charge in [0, 0.05) is 18.0 Å². The Bertz CT molecular complexity index is 560. The molecule has 1 heterocycles. The van der Waals surface area contributed by atoms with Crippen molar-refractivity contribution in [2.45, 2.75) is 63.7 Å². The van der Waals surface area contributed by atoms with Crippen molar-refractivity contribution in [1.29, 1.82) is 0 Å². The average molecular weight is 325 g/mol. The number of imide groups is 1. The maximum Gasteiger partial charge on any atom is 0.321 e. The molecule has 1 fully saturated rings. The fraction of sp³-hybridized carbons (Fsp3) is 0.714. The van der Waals surface area contributed by atoms with Crippen LogP contribution in [-0.2, 0) is 11.3 Å². The molecule has 3 amide bonds. The molecule has 0 radical (unpaired) electrons. The van der Waals surface area contributed by atoms with E-state index in [0.29, 0.717) is 5.92 Å². The van der Waals surface area contributed by atoms with Crippen molar-refractivity contribution in [3.8, 4) is 0 Å². The number of carbonyl (C=O) groups is 2. The lowest BCUT2D eigenvalue weighted by Crippen LogP contribution is -2.48. The van der Waals surface area contributed by atoms with E-state index in [1.807, 2.05) is 32.3 Å². The van der Waals surface area contributed by atoms with Crippen LogP contribution in [0.5, 0.6) is 0 Å². The smallest absolute Gasteiger partial charge is 0.321 e. The number of rotatable bonds is 5. The van der Waals surface area contributed by atoms with Crippen molar-refractivity contribution >= 4 is 23.7 Å². The van der Waals surface area contributed by atoms with Crippen molar-refractivity contribution in [2.75, 3.05) is 5.75 Å². The lowest BCUT2D eigenvalue weighted by Gasteiger charge is -2.20. The molecule has 2 N–H and O–H groups in total. The molecule has 1 saturated carbocycles. The molecule has 1 aliphatic carbocycles. The summed E-state index contributed by atoms with van der Waals surface area (Å²) in [5.74, 6) is 1.33. The van der Waals surface area contributed by atoms with Crippen LogP contribution in [0.3, 0.4) is 0 Å². The molecule has 0 aliphatic heterocycles. The summed E-state index contributed by atoms with van der Waals surface area (Å²) in [7, 11) is 0. The zero-order valence-electron chi connectivity index (χ0n) is 13.5. The maximum absolute atomic E-state index is 11.8. The Morgan fingerprint density at radius 3 is 2.55 bits per heavy atom. The molecular formula is C14H23N5O2S. The van der Waals surface area contributed by atoms with E-state index < -0.39 is 6.03 Å². The Morgan fingerprint density at radius 2 is 2.00 bits per heavy atom. The van der Waals surface area contributed by atoms with Crippen molar-refractivity contribution < 1.29 is 9.59 Å². The molecule has 0 aromatic carbocycles. The second-order valence-electron chi connectivity index (χ2n) is 6.40. The van der Waals surface area contributed by atoms with Crippen LogP contribution in [0.25, 0.3) is 0 Å². The van der Waals surface area contributed by atoms with Gasteiger partial charge in [-0.05, 0) is 40.5 Å². The van der Waals surface area contributed by atoms with Crippen LogP contribution >= 0.6 is 11.8 Å². The normalized spacial score (nSPS) is 14.7. The highest BCUT2D eigenvalue weighted by Crippen LogP contribution is 2.39. The van der Waals surface area contributed by atoms with E-state index in [-0.39, 0.29) is 17.2 Å². The molecule has 0 saturated heterocycles. The van der Waals surface area contributed by atoms with Gasteiger partial charge in [-0.2, -0.15) is 0 Å². The molecule has 1 aromatic heterocycles. The third-order valence-corrected chi connectivity index (χ3v) is 4.04. The molecule has 1 aliphatic rings. The summed E-state index contributed by atoms with van der Waals surface area (Å²) in [6.07, 6.45) is 2.33. The molecule has 7 nitrogen and oxygen atoms in total. The first-order valence-electron chi connectivity index (χ1n) is 7.48. The van der Waals surface area contributed by atoms with Crippen LogP contribution in [0.2, 0.25) is 0 Å². The van der Waals surface area contributed by atoms with Gasteiger partial charge >= 0.3 is 6.03 Å². The summed E-state index contributed by atoms with van der Waals surface area (Å²) in [5.41, 5.74) is -0.376.